The van der Waals surface area contributed by atoms with Gasteiger partial charge in [0, 0.05) is 13.1 Å². The number of nitrogens with zero attached hydrogens (tertiary/aromatic N) is 4. The molecular weight excluding hydrogens is 352 g/mol. The van der Waals surface area contributed by atoms with E-state index in [0.717, 1.165) is 80.0 Å². The van der Waals surface area contributed by atoms with Crippen LogP contribution in [0.3, 0.4) is 0 Å². The van der Waals surface area contributed by atoms with E-state index in [4.69, 9.17) is 4.74 Å². The topological polar surface area (TPSA) is 82.3 Å². The molecule has 1 N–H and O–H groups in total. The molecule has 6 nitrogen and oxygen atoms in total. The van der Waals surface area contributed by atoms with Crippen LogP contribution >= 0.6 is 0 Å². The summed E-state index contributed by atoms with van der Waals surface area (Å²) in [6.45, 7) is 1.56. The first-order valence-corrected chi connectivity index (χ1v) is 10.1. The number of hydrogen-bond donors (Lipinski definition) is 1. The maximum Gasteiger partial charge on any atom is 0.169 e. The van der Waals surface area contributed by atoms with Crippen molar-refractivity contribution in [1.29, 1.82) is 5.26 Å². The molecule has 6 heteroatoms. The van der Waals surface area contributed by atoms with E-state index in [-0.39, 0.29) is 5.92 Å². The first-order chi connectivity index (χ1) is 13.7. The van der Waals surface area contributed by atoms with Gasteiger partial charge in [0.25, 0.3) is 0 Å². The smallest absolute Gasteiger partial charge is 0.169 e. The van der Waals surface area contributed by atoms with Gasteiger partial charge in [0.2, 0.25) is 0 Å². The SMILES string of the molecule is COc1ccc(C(O)C2CCN(c3nnc4c(c3C#N)CCCC4)CC2)cc1. The fourth-order valence-electron chi connectivity index (χ4n) is 4.40. The number of benzene rings is 1. The molecule has 146 valence electrons. The van der Waals surface area contributed by atoms with Gasteiger partial charge >= 0.3 is 0 Å². The lowest BCUT2D eigenvalue weighted by molar-refractivity contribution is 0.0928. The number of anilines is 1. The molecule has 4 rings (SSSR count). The van der Waals surface area contributed by atoms with Gasteiger partial charge in [0.05, 0.1) is 18.9 Å². The number of aliphatic hydroxyl groups excluding tert-OH is 1. The van der Waals surface area contributed by atoms with Gasteiger partial charge in [-0.25, -0.2) is 0 Å². The maximum absolute atomic E-state index is 10.8. The lowest BCUT2D eigenvalue weighted by atomic mass is 9.87. The van der Waals surface area contributed by atoms with Crippen LogP contribution in [0.5, 0.6) is 5.75 Å². The van der Waals surface area contributed by atoms with Crippen molar-refractivity contribution in [3.8, 4) is 11.8 Å². The van der Waals surface area contributed by atoms with Gasteiger partial charge in [-0.15, -0.1) is 5.10 Å². The largest absolute Gasteiger partial charge is 0.497 e. The average molecular weight is 378 g/mol. The Morgan fingerprint density at radius 2 is 1.86 bits per heavy atom. The van der Waals surface area contributed by atoms with E-state index in [2.05, 4.69) is 21.2 Å². The van der Waals surface area contributed by atoms with Crippen LogP contribution in [-0.4, -0.2) is 35.5 Å². The quantitative estimate of drug-likeness (QED) is 0.880. The van der Waals surface area contributed by atoms with E-state index in [9.17, 15) is 10.4 Å². The Morgan fingerprint density at radius 3 is 2.54 bits per heavy atom. The summed E-state index contributed by atoms with van der Waals surface area (Å²) in [6.07, 6.45) is 5.32. The second kappa shape index (κ2) is 8.15. The van der Waals surface area contributed by atoms with Gasteiger partial charge < -0.3 is 14.7 Å². The molecule has 1 unspecified atom stereocenters. The van der Waals surface area contributed by atoms with Gasteiger partial charge in [-0.2, -0.15) is 10.4 Å². The highest BCUT2D eigenvalue weighted by molar-refractivity contribution is 5.58. The summed E-state index contributed by atoms with van der Waals surface area (Å²) >= 11 is 0. The van der Waals surface area contributed by atoms with Gasteiger partial charge in [-0.1, -0.05) is 12.1 Å². The molecule has 2 aliphatic rings. The summed E-state index contributed by atoms with van der Waals surface area (Å²) in [6, 6.07) is 10.0. The van der Waals surface area contributed by atoms with Gasteiger partial charge in [0.15, 0.2) is 5.82 Å². The number of methoxy groups -OCH3 is 1. The van der Waals surface area contributed by atoms with E-state index < -0.39 is 6.10 Å². The van der Waals surface area contributed by atoms with Gasteiger partial charge in [-0.05, 0) is 67.7 Å². The molecule has 2 aromatic rings. The van der Waals surface area contributed by atoms with Crippen molar-refractivity contribution in [2.45, 2.75) is 44.6 Å². The van der Waals surface area contributed by atoms with E-state index in [1.54, 1.807) is 7.11 Å². The summed E-state index contributed by atoms with van der Waals surface area (Å²) in [5, 5.41) is 29.4. The maximum atomic E-state index is 10.8. The van der Waals surface area contributed by atoms with Crippen LogP contribution in [-0.2, 0) is 12.8 Å². The Kier molecular flexibility index (Phi) is 5.45. The molecule has 1 aromatic heterocycles. The number of aromatic nitrogens is 2. The van der Waals surface area contributed by atoms with Crippen LogP contribution in [0.25, 0.3) is 0 Å². The molecule has 0 bridgehead atoms. The third-order valence-electron chi connectivity index (χ3n) is 6.08. The Morgan fingerprint density at radius 1 is 1.14 bits per heavy atom. The second-order valence-electron chi connectivity index (χ2n) is 7.69. The predicted molar refractivity (Wildman–Crippen MR) is 106 cm³/mol. The standard InChI is InChI=1S/C22H26N4O2/c1-28-17-8-6-15(7-9-17)21(27)16-10-12-26(13-11-16)22-19(14-23)18-4-2-3-5-20(18)24-25-22/h6-9,16,21,27H,2-5,10-13H2,1H3. The molecule has 0 saturated carbocycles. The van der Waals surface area contributed by atoms with Gasteiger partial charge in [-0.3, -0.25) is 0 Å². The van der Waals surface area contributed by atoms with E-state index >= 15 is 0 Å². The van der Waals surface area contributed by atoms with Crippen LogP contribution in [0.4, 0.5) is 5.82 Å². The van der Waals surface area contributed by atoms with Crippen molar-refractivity contribution in [3.63, 3.8) is 0 Å². The third-order valence-corrected chi connectivity index (χ3v) is 6.08. The fraction of sp³-hybridized carbons (Fsp3) is 0.500. The zero-order chi connectivity index (χ0) is 19.5. The van der Waals surface area contributed by atoms with Crippen LogP contribution in [0, 0.1) is 17.2 Å². The molecule has 0 amide bonds. The lowest BCUT2D eigenvalue weighted by Crippen LogP contribution is -2.37. The molecule has 1 saturated heterocycles. The monoisotopic (exact) mass is 378 g/mol. The summed E-state index contributed by atoms with van der Waals surface area (Å²) in [5.74, 6) is 1.71. The molecule has 28 heavy (non-hydrogen) atoms. The molecule has 0 spiro atoms. The molecule has 1 atom stereocenters. The number of rotatable bonds is 4. The van der Waals surface area contributed by atoms with E-state index in [0.29, 0.717) is 5.56 Å². The Labute approximate surface area is 165 Å². The summed E-state index contributed by atoms with van der Waals surface area (Å²) in [7, 11) is 1.64. The Hall–Kier alpha value is -2.65. The number of piperidine rings is 1. The lowest BCUT2D eigenvalue weighted by Gasteiger charge is -2.35. The molecule has 1 aliphatic carbocycles. The summed E-state index contributed by atoms with van der Waals surface area (Å²) < 4.78 is 5.19. The minimum absolute atomic E-state index is 0.195. The second-order valence-corrected chi connectivity index (χ2v) is 7.69. The van der Waals surface area contributed by atoms with E-state index in [1.807, 2.05) is 24.3 Å². The van der Waals surface area contributed by atoms with Crippen LogP contribution < -0.4 is 9.64 Å². The predicted octanol–water partition coefficient (Wildman–Crippen LogP) is 3.19. The van der Waals surface area contributed by atoms with Crippen molar-refractivity contribution in [1.82, 2.24) is 10.2 Å². The van der Waals surface area contributed by atoms with Crippen molar-refractivity contribution >= 4 is 5.82 Å². The van der Waals surface area contributed by atoms with Crippen molar-refractivity contribution in [3.05, 3.63) is 46.6 Å². The highest BCUT2D eigenvalue weighted by atomic mass is 16.5. The molecule has 1 aromatic carbocycles. The normalized spacial score (nSPS) is 18.2. The summed E-state index contributed by atoms with van der Waals surface area (Å²) in [4.78, 5) is 2.16. The minimum atomic E-state index is -0.488. The van der Waals surface area contributed by atoms with Crippen LogP contribution in [0.2, 0.25) is 0 Å². The molecule has 0 radical (unpaired) electrons. The van der Waals surface area contributed by atoms with E-state index in [1.165, 1.54) is 0 Å². The van der Waals surface area contributed by atoms with Crippen molar-refractivity contribution < 1.29 is 9.84 Å². The molecular formula is C22H26N4O2. The zero-order valence-corrected chi connectivity index (χ0v) is 16.3. The average Bonchev–Trinajstić information content (AvgIpc) is 2.78. The number of hydrogen-bond acceptors (Lipinski definition) is 6. The summed E-state index contributed by atoms with van der Waals surface area (Å²) in [5.41, 5.74) is 3.72. The number of fused-ring (bicyclic) bond motifs is 1. The van der Waals surface area contributed by atoms with Crippen molar-refractivity contribution in [2.24, 2.45) is 5.92 Å². The Balaban J connectivity index is 1.46. The Bertz CT molecular complexity index is 867. The molecule has 1 fully saturated rings. The minimum Gasteiger partial charge on any atom is -0.497 e. The first-order valence-electron chi connectivity index (χ1n) is 10.1. The zero-order valence-electron chi connectivity index (χ0n) is 16.3. The fourth-order valence-corrected chi connectivity index (χ4v) is 4.40. The first kappa shape index (κ1) is 18.7. The number of aryl methyl sites for hydroxylation is 1. The number of nitriles is 1. The third kappa shape index (κ3) is 3.55. The number of aliphatic hydroxyl groups is 1. The number of ether oxygens (including phenoxy) is 1. The highest BCUT2D eigenvalue weighted by Crippen LogP contribution is 2.34. The van der Waals surface area contributed by atoms with Crippen LogP contribution in [0.15, 0.2) is 24.3 Å². The highest BCUT2D eigenvalue weighted by Gasteiger charge is 2.29. The van der Waals surface area contributed by atoms with Crippen LogP contribution in [0.1, 0.15) is 54.2 Å². The van der Waals surface area contributed by atoms with Crippen molar-refractivity contribution in [2.75, 3.05) is 25.1 Å². The van der Waals surface area contributed by atoms with Gasteiger partial charge in [0.1, 0.15) is 17.4 Å². The molecule has 1 aliphatic heterocycles. The molecule has 2 heterocycles.